The Balaban J connectivity index is 1.18. The summed E-state index contributed by atoms with van der Waals surface area (Å²) in [7, 11) is 2.07. The molecule has 1 saturated heterocycles. The lowest BCUT2D eigenvalue weighted by Crippen LogP contribution is -2.47. The smallest absolute Gasteiger partial charge is 0.237 e. The van der Waals surface area contributed by atoms with Gasteiger partial charge in [0.25, 0.3) is 0 Å². The fourth-order valence-corrected chi connectivity index (χ4v) is 4.92. The summed E-state index contributed by atoms with van der Waals surface area (Å²) in [5, 5.41) is 7.85. The van der Waals surface area contributed by atoms with Gasteiger partial charge in [0.1, 0.15) is 0 Å². The molecule has 3 aromatic rings. The van der Waals surface area contributed by atoms with Crippen molar-refractivity contribution in [3.8, 4) is 11.1 Å². The Kier molecular flexibility index (Phi) is 4.44. The highest BCUT2D eigenvalue weighted by molar-refractivity contribution is 5.85. The van der Waals surface area contributed by atoms with Crippen LogP contribution in [0.1, 0.15) is 24.8 Å². The molecule has 28 heavy (non-hydrogen) atoms. The predicted octanol–water partition coefficient (Wildman–Crippen LogP) is 3.64. The molecule has 0 unspecified atom stereocenters. The standard InChI is InChI=1S/C24H27N3O/c1-27-13-11-19-14-18(7-9-22(19)27)17-4-2-16(3-5-17)10-12-25-24(28)23-20-6-8-21(15-20)26-23/h2-5,7,9,11,13-14,20-21,23,26H,6,8,10,12,15H2,1H3,(H,25,28)/t20-,21+,23-/m0/s1. The molecule has 4 heteroatoms. The molecular formula is C24H27N3O. The van der Waals surface area contributed by atoms with Crippen LogP contribution in [0, 0.1) is 5.92 Å². The first-order valence-corrected chi connectivity index (χ1v) is 10.4. The summed E-state index contributed by atoms with van der Waals surface area (Å²) < 4.78 is 2.14. The summed E-state index contributed by atoms with van der Waals surface area (Å²) in [6.45, 7) is 0.698. The van der Waals surface area contributed by atoms with E-state index in [9.17, 15) is 4.79 Å². The van der Waals surface area contributed by atoms with E-state index in [2.05, 4.69) is 77.0 Å². The van der Waals surface area contributed by atoms with Gasteiger partial charge in [-0.05, 0) is 66.5 Å². The fourth-order valence-electron chi connectivity index (χ4n) is 4.92. The van der Waals surface area contributed by atoms with Crippen molar-refractivity contribution in [2.75, 3.05) is 6.54 Å². The Morgan fingerprint density at radius 2 is 1.93 bits per heavy atom. The van der Waals surface area contributed by atoms with Gasteiger partial charge in [-0.3, -0.25) is 4.79 Å². The fraction of sp³-hybridized carbons (Fsp3) is 0.375. The lowest BCUT2D eigenvalue weighted by molar-refractivity contribution is -0.124. The van der Waals surface area contributed by atoms with Gasteiger partial charge in [0, 0.05) is 36.7 Å². The minimum atomic E-state index is 0.0361. The van der Waals surface area contributed by atoms with Gasteiger partial charge < -0.3 is 15.2 Å². The van der Waals surface area contributed by atoms with Gasteiger partial charge in [-0.15, -0.1) is 0 Å². The van der Waals surface area contributed by atoms with Crippen LogP contribution in [-0.2, 0) is 18.3 Å². The first-order chi connectivity index (χ1) is 13.7. The first kappa shape index (κ1) is 17.5. The van der Waals surface area contributed by atoms with E-state index in [1.165, 1.54) is 46.9 Å². The molecule has 0 spiro atoms. The zero-order valence-electron chi connectivity index (χ0n) is 16.3. The number of nitrogens with one attached hydrogen (secondary N) is 2. The molecular weight excluding hydrogens is 346 g/mol. The van der Waals surface area contributed by atoms with E-state index in [-0.39, 0.29) is 11.9 Å². The maximum absolute atomic E-state index is 12.4. The normalized spacial score (nSPS) is 23.4. The topological polar surface area (TPSA) is 46.1 Å². The number of hydrogen-bond donors (Lipinski definition) is 2. The van der Waals surface area contributed by atoms with Crippen molar-refractivity contribution in [1.29, 1.82) is 0 Å². The molecule has 3 atom stereocenters. The summed E-state index contributed by atoms with van der Waals surface area (Å²) >= 11 is 0. The highest BCUT2D eigenvalue weighted by atomic mass is 16.2. The number of benzene rings is 2. The second-order valence-electron chi connectivity index (χ2n) is 8.35. The van der Waals surface area contributed by atoms with Crippen LogP contribution in [0.2, 0.25) is 0 Å². The maximum atomic E-state index is 12.4. The largest absolute Gasteiger partial charge is 0.354 e. The van der Waals surface area contributed by atoms with E-state index in [4.69, 9.17) is 0 Å². The van der Waals surface area contributed by atoms with Gasteiger partial charge in [-0.1, -0.05) is 30.3 Å². The van der Waals surface area contributed by atoms with Crippen LogP contribution in [-0.4, -0.2) is 29.1 Å². The second kappa shape index (κ2) is 7.10. The summed E-state index contributed by atoms with van der Waals surface area (Å²) in [6.07, 6.45) is 6.57. The van der Waals surface area contributed by atoms with Gasteiger partial charge in [-0.2, -0.15) is 0 Å². The van der Waals surface area contributed by atoms with Crippen molar-refractivity contribution in [3.05, 3.63) is 60.3 Å². The Hall–Kier alpha value is -2.59. The minimum Gasteiger partial charge on any atom is -0.354 e. The Morgan fingerprint density at radius 3 is 2.68 bits per heavy atom. The highest BCUT2D eigenvalue weighted by Crippen LogP contribution is 2.35. The van der Waals surface area contributed by atoms with E-state index in [0.29, 0.717) is 18.5 Å². The van der Waals surface area contributed by atoms with Crippen molar-refractivity contribution < 1.29 is 4.79 Å². The Morgan fingerprint density at radius 1 is 1.11 bits per heavy atom. The molecule has 1 aliphatic heterocycles. The van der Waals surface area contributed by atoms with Gasteiger partial charge in [0.2, 0.25) is 5.91 Å². The summed E-state index contributed by atoms with van der Waals surface area (Å²) in [5.41, 5.74) is 4.97. The van der Waals surface area contributed by atoms with Crippen LogP contribution >= 0.6 is 0 Å². The van der Waals surface area contributed by atoms with Crippen molar-refractivity contribution >= 4 is 16.8 Å². The molecule has 2 bridgehead atoms. The second-order valence-corrected chi connectivity index (χ2v) is 8.35. The van der Waals surface area contributed by atoms with E-state index in [0.717, 1.165) is 6.42 Å². The third-order valence-electron chi connectivity index (χ3n) is 6.53. The number of hydrogen-bond acceptors (Lipinski definition) is 2. The van der Waals surface area contributed by atoms with Crippen molar-refractivity contribution in [1.82, 2.24) is 15.2 Å². The van der Waals surface area contributed by atoms with Crippen molar-refractivity contribution in [2.24, 2.45) is 13.0 Å². The molecule has 1 amide bonds. The predicted molar refractivity (Wildman–Crippen MR) is 113 cm³/mol. The van der Waals surface area contributed by atoms with Crippen molar-refractivity contribution in [2.45, 2.75) is 37.8 Å². The number of fused-ring (bicyclic) bond motifs is 3. The number of nitrogens with zero attached hydrogens (tertiary/aromatic N) is 1. The molecule has 2 heterocycles. The monoisotopic (exact) mass is 373 g/mol. The van der Waals surface area contributed by atoms with Crippen LogP contribution in [0.3, 0.4) is 0 Å². The van der Waals surface area contributed by atoms with Crippen LogP contribution in [0.25, 0.3) is 22.0 Å². The summed E-state index contributed by atoms with van der Waals surface area (Å²) in [5.74, 6) is 0.728. The molecule has 1 aliphatic carbocycles. The summed E-state index contributed by atoms with van der Waals surface area (Å²) in [6, 6.07) is 18.1. The number of piperidine rings is 1. The molecule has 2 N–H and O–H groups in total. The average Bonchev–Trinajstić information content (AvgIpc) is 3.44. The average molecular weight is 374 g/mol. The van der Waals surface area contributed by atoms with Gasteiger partial charge in [-0.25, -0.2) is 0 Å². The van der Waals surface area contributed by atoms with E-state index in [1.807, 2.05) is 0 Å². The Labute approximate surface area is 165 Å². The number of carbonyl (C=O) groups is 1. The third kappa shape index (κ3) is 3.22. The number of rotatable bonds is 5. The van der Waals surface area contributed by atoms with Gasteiger partial charge >= 0.3 is 0 Å². The Bertz CT molecular complexity index is 1000. The lowest BCUT2D eigenvalue weighted by atomic mass is 9.99. The van der Waals surface area contributed by atoms with E-state index < -0.39 is 0 Å². The molecule has 2 aliphatic rings. The van der Waals surface area contributed by atoms with E-state index >= 15 is 0 Å². The molecule has 4 nitrogen and oxygen atoms in total. The van der Waals surface area contributed by atoms with Crippen molar-refractivity contribution in [3.63, 3.8) is 0 Å². The molecule has 144 valence electrons. The van der Waals surface area contributed by atoms with Gasteiger partial charge in [0.15, 0.2) is 0 Å². The number of amides is 1. The molecule has 1 saturated carbocycles. The number of aryl methyl sites for hydroxylation is 1. The molecule has 2 aromatic carbocycles. The number of aromatic nitrogens is 1. The molecule has 5 rings (SSSR count). The number of carbonyl (C=O) groups excluding carboxylic acids is 1. The summed E-state index contributed by atoms with van der Waals surface area (Å²) in [4.78, 5) is 12.4. The van der Waals surface area contributed by atoms with Crippen LogP contribution in [0.4, 0.5) is 0 Å². The molecule has 0 radical (unpaired) electrons. The zero-order valence-corrected chi connectivity index (χ0v) is 16.3. The first-order valence-electron chi connectivity index (χ1n) is 10.4. The van der Waals surface area contributed by atoms with Gasteiger partial charge in [0.05, 0.1) is 6.04 Å². The van der Waals surface area contributed by atoms with Crippen LogP contribution in [0.5, 0.6) is 0 Å². The van der Waals surface area contributed by atoms with Crippen LogP contribution in [0.15, 0.2) is 54.7 Å². The van der Waals surface area contributed by atoms with E-state index in [1.54, 1.807) is 0 Å². The molecule has 1 aromatic heterocycles. The molecule has 2 fully saturated rings. The minimum absolute atomic E-state index is 0.0361. The lowest BCUT2D eigenvalue weighted by Gasteiger charge is -2.22. The third-order valence-corrected chi connectivity index (χ3v) is 6.53. The van der Waals surface area contributed by atoms with Crippen LogP contribution < -0.4 is 10.6 Å². The highest BCUT2D eigenvalue weighted by Gasteiger charge is 2.42. The maximum Gasteiger partial charge on any atom is 0.237 e. The SMILES string of the molecule is Cn1ccc2cc(-c3ccc(CCNC(=O)[C@H]4N[C@@H]5CC[C@H]4C5)cc3)ccc21. The zero-order chi connectivity index (χ0) is 19.1. The quantitative estimate of drug-likeness (QED) is 0.717.